The van der Waals surface area contributed by atoms with E-state index < -0.39 is 28.5 Å². The lowest BCUT2D eigenvalue weighted by Crippen LogP contribution is -2.51. The first-order valence-corrected chi connectivity index (χ1v) is 14.3. The van der Waals surface area contributed by atoms with E-state index in [-0.39, 0.29) is 17.3 Å². The maximum Gasteiger partial charge on any atom is 0.264 e. The molecule has 0 fully saturated rings. The number of anilines is 1. The number of carbonyl (C=O) groups excluding carboxylic acids is 2. The molecule has 1 N–H and O–H groups in total. The molecule has 1 atom stereocenters. The van der Waals surface area contributed by atoms with Crippen molar-refractivity contribution in [3.05, 3.63) is 94.5 Å². The van der Waals surface area contributed by atoms with Gasteiger partial charge in [-0.3, -0.25) is 13.9 Å². The zero-order valence-corrected chi connectivity index (χ0v) is 23.6. The minimum Gasteiger partial charge on any atom is -0.354 e. The molecule has 0 aliphatic heterocycles. The van der Waals surface area contributed by atoms with Gasteiger partial charge in [-0.25, -0.2) is 8.42 Å². The van der Waals surface area contributed by atoms with Gasteiger partial charge in [0, 0.05) is 17.6 Å². The van der Waals surface area contributed by atoms with E-state index in [0.717, 1.165) is 21.9 Å². The molecular weight excluding hydrogens is 554 g/mol. The van der Waals surface area contributed by atoms with Crippen molar-refractivity contribution < 1.29 is 18.0 Å². The molecule has 0 heterocycles. The summed E-state index contributed by atoms with van der Waals surface area (Å²) in [5, 5.41) is 2.84. The number of halogens is 1. The van der Waals surface area contributed by atoms with Gasteiger partial charge in [-0.1, -0.05) is 76.9 Å². The molecule has 3 rings (SSSR count). The maximum absolute atomic E-state index is 13.8. The number of nitrogens with zero attached hydrogens (tertiary/aromatic N) is 2. The summed E-state index contributed by atoms with van der Waals surface area (Å²) in [6.07, 6.45) is 0.760. The summed E-state index contributed by atoms with van der Waals surface area (Å²) in [5.41, 5.74) is 2.09. The van der Waals surface area contributed by atoms with Crippen LogP contribution in [0, 0.1) is 6.92 Å². The Bertz CT molecular complexity index is 1310. The van der Waals surface area contributed by atoms with Crippen LogP contribution in [0.15, 0.2) is 88.2 Å². The van der Waals surface area contributed by atoms with Gasteiger partial charge < -0.3 is 10.2 Å². The third-order valence-electron chi connectivity index (χ3n) is 5.90. The van der Waals surface area contributed by atoms with E-state index in [1.807, 2.05) is 44.2 Å². The standard InChI is InChI=1S/C28H32BrN3O4S/c1-4-17-30-28(34)22(3)31(19-23-9-6-5-7-10-23)27(33)20-32(25-12-8-11-24(29)18-25)37(35,36)26-15-13-21(2)14-16-26/h5-16,18,22H,4,17,19-20H2,1-3H3,(H,30,34). The van der Waals surface area contributed by atoms with Crippen LogP contribution in [0.2, 0.25) is 0 Å². The zero-order valence-electron chi connectivity index (χ0n) is 21.2. The van der Waals surface area contributed by atoms with Crippen molar-refractivity contribution >= 4 is 43.5 Å². The second-order valence-corrected chi connectivity index (χ2v) is 11.6. The molecule has 196 valence electrons. The highest BCUT2D eigenvalue weighted by Crippen LogP contribution is 2.27. The molecule has 0 spiro atoms. The summed E-state index contributed by atoms with van der Waals surface area (Å²) >= 11 is 3.40. The quantitative estimate of drug-likeness (QED) is 0.347. The first-order chi connectivity index (χ1) is 17.6. The third-order valence-corrected chi connectivity index (χ3v) is 8.18. The molecule has 0 aliphatic carbocycles. The fourth-order valence-corrected chi connectivity index (χ4v) is 5.55. The van der Waals surface area contributed by atoms with Gasteiger partial charge in [0.25, 0.3) is 10.0 Å². The van der Waals surface area contributed by atoms with Crippen LogP contribution >= 0.6 is 15.9 Å². The summed E-state index contributed by atoms with van der Waals surface area (Å²) in [4.78, 5) is 28.1. The average molecular weight is 587 g/mol. The predicted octanol–water partition coefficient (Wildman–Crippen LogP) is 4.90. The largest absolute Gasteiger partial charge is 0.354 e. The van der Waals surface area contributed by atoms with Gasteiger partial charge >= 0.3 is 0 Å². The lowest BCUT2D eigenvalue weighted by atomic mass is 10.1. The van der Waals surface area contributed by atoms with E-state index in [2.05, 4.69) is 21.2 Å². The van der Waals surface area contributed by atoms with Gasteiger partial charge in [0.05, 0.1) is 10.6 Å². The lowest BCUT2D eigenvalue weighted by Gasteiger charge is -2.32. The van der Waals surface area contributed by atoms with Crippen molar-refractivity contribution in [2.24, 2.45) is 0 Å². The normalized spacial score (nSPS) is 12.0. The molecule has 2 amide bonds. The molecule has 3 aromatic rings. The van der Waals surface area contributed by atoms with E-state index in [9.17, 15) is 18.0 Å². The Labute approximate surface area is 227 Å². The first kappa shape index (κ1) is 28.4. The number of hydrogen-bond acceptors (Lipinski definition) is 4. The van der Waals surface area contributed by atoms with Crippen LogP contribution in [0.4, 0.5) is 5.69 Å². The van der Waals surface area contributed by atoms with Crippen LogP contribution in [0.25, 0.3) is 0 Å². The molecular formula is C28H32BrN3O4S. The van der Waals surface area contributed by atoms with Gasteiger partial charge in [-0.2, -0.15) is 0 Å². The Morgan fingerprint density at radius 1 is 0.973 bits per heavy atom. The molecule has 37 heavy (non-hydrogen) atoms. The van der Waals surface area contributed by atoms with Crippen molar-refractivity contribution in [3.63, 3.8) is 0 Å². The van der Waals surface area contributed by atoms with Gasteiger partial charge in [0.2, 0.25) is 11.8 Å². The molecule has 0 radical (unpaired) electrons. The molecule has 0 aliphatic rings. The molecule has 0 bridgehead atoms. The summed E-state index contributed by atoms with van der Waals surface area (Å²) in [6, 6.07) is 21.8. The summed E-state index contributed by atoms with van der Waals surface area (Å²) in [6.45, 7) is 5.66. The smallest absolute Gasteiger partial charge is 0.264 e. The number of hydrogen-bond donors (Lipinski definition) is 1. The number of rotatable bonds is 11. The predicted molar refractivity (Wildman–Crippen MR) is 150 cm³/mol. The zero-order chi connectivity index (χ0) is 27.0. The van der Waals surface area contributed by atoms with Crippen LogP contribution in [0.1, 0.15) is 31.4 Å². The Morgan fingerprint density at radius 2 is 1.65 bits per heavy atom. The second-order valence-electron chi connectivity index (χ2n) is 8.78. The van der Waals surface area contributed by atoms with Crippen molar-refractivity contribution in [3.8, 4) is 0 Å². The molecule has 9 heteroatoms. The van der Waals surface area contributed by atoms with Crippen molar-refractivity contribution in [1.29, 1.82) is 0 Å². The number of aryl methyl sites for hydroxylation is 1. The van der Waals surface area contributed by atoms with Crippen molar-refractivity contribution in [1.82, 2.24) is 10.2 Å². The number of sulfonamides is 1. The minimum absolute atomic E-state index is 0.0780. The summed E-state index contributed by atoms with van der Waals surface area (Å²) in [7, 11) is -4.08. The number of nitrogens with one attached hydrogen (secondary N) is 1. The van der Waals surface area contributed by atoms with E-state index in [1.54, 1.807) is 43.3 Å². The number of amides is 2. The number of benzene rings is 3. The fourth-order valence-electron chi connectivity index (χ4n) is 3.76. The lowest BCUT2D eigenvalue weighted by molar-refractivity contribution is -0.139. The molecule has 7 nitrogen and oxygen atoms in total. The van der Waals surface area contributed by atoms with Gasteiger partial charge in [-0.05, 0) is 56.2 Å². The maximum atomic E-state index is 13.8. The Balaban J connectivity index is 2.00. The van der Waals surface area contributed by atoms with Crippen molar-refractivity contribution in [2.45, 2.75) is 44.7 Å². The number of carbonyl (C=O) groups is 2. The second kappa shape index (κ2) is 12.9. The highest BCUT2D eigenvalue weighted by molar-refractivity contribution is 9.10. The Hall–Kier alpha value is -3.17. The minimum atomic E-state index is -4.08. The van der Waals surface area contributed by atoms with Crippen LogP contribution in [0.5, 0.6) is 0 Å². The molecule has 1 unspecified atom stereocenters. The van der Waals surface area contributed by atoms with E-state index >= 15 is 0 Å². The Kier molecular flexibility index (Phi) is 9.88. The topological polar surface area (TPSA) is 86.8 Å². The summed E-state index contributed by atoms with van der Waals surface area (Å²) < 4.78 is 29.3. The van der Waals surface area contributed by atoms with Crippen LogP contribution < -0.4 is 9.62 Å². The van der Waals surface area contributed by atoms with Crippen molar-refractivity contribution in [2.75, 3.05) is 17.4 Å². The monoisotopic (exact) mass is 585 g/mol. The Morgan fingerprint density at radius 3 is 2.27 bits per heavy atom. The van der Waals surface area contributed by atoms with E-state index in [0.29, 0.717) is 16.7 Å². The third kappa shape index (κ3) is 7.42. The molecule has 3 aromatic carbocycles. The molecule has 0 saturated carbocycles. The molecule has 0 aromatic heterocycles. The SMILES string of the molecule is CCCNC(=O)C(C)N(Cc1ccccc1)C(=O)CN(c1cccc(Br)c1)S(=O)(=O)c1ccc(C)cc1. The van der Waals surface area contributed by atoms with Gasteiger partial charge in [-0.15, -0.1) is 0 Å². The highest BCUT2D eigenvalue weighted by Gasteiger charge is 2.32. The van der Waals surface area contributed by atoms with Gasteiger partial charge in [0.1, 0.15) is 12.6 Å². The van der Waals surface area contributed by atoms with Gasteiger partial charge in [0.15, 0.2) is 0 Å². The van der Waals surface area contributed by atoms with E-state index in [1.165, 1.54) is 17.0 Å². The highest BCUT2D eigenvalue weighted by atomic mass is 79.9. The average Bonchev–Trinajstić information content (AvgIpc) is 2.89. The van der Waals surface area contributed by atoms with E-state index in [4.69, 9.17) is 0 Å². The van der Waals surface area contributed by atoms with Crippen LogP contribution in [-0.4, -0.2) is 44.3 Å². The molecule has 0 saturated heterocycles. The van der Waals surface area contributed by atoms with Crippen LogP contribution in [0.3, 0.4) is 0 Å². The first-order valence-electron chi connectivity index (χ1n) is 12.1. The summed E-state index contributed by atoms with van der Waals surface area (Å²) in [5.74, 6) is -0.778. The van der Waals surface area contributed by atoms with Crippen LogP contribution in [-0.2, 0) is 26.2 Å². The fraction of sp³-hybridized carbons (Fsp3) is 0.286.